The summed E-state index contributed by atoms with van der Waals surface area (Å²) in [7, 11) is 0. The van der Waals surface area contributed by atoms with Crippen molar-refractivity contribution in [2.75, 3.05) is 0 Å². The van der Waals surface area contributed by atoms with Gasteiger partial charge in [-0.2, -0.15) is 0 Å². The van der Waals surface area contributed by atoms with Crippen molar-refractivity contribution < 1.29 is 9.90 Å². The van der Waals surface area contributed by atoms with Crippen LogP contribution in [0.2, 0.25) is 0 Å². The predicted molar refractivity (Wildman–Crippen MR) is 133 cm³/mol. The Morgan fingerprint density at radius 2 is 1.63 bits per heavy atom. The molecule has 1 atom stereocenters. The molecule has 0 fully saturated rings. The Hall–Kier alpha value is -4.49. The summed E-state index contributed by atoms with van der Waals surface area (Å²) in [6.45, 7) is 0. The van der Waals surface area contributed by atoms with Gasteiger partial charge < -0.3 is 14.7 Å². The number of nitrogens with zero attached hydrogens (tertiary/aromatic N) is 3. The second kappa shape index (κ2) is 9.79. The third-order valence-electron chi connectivity index (χ3n) is 6.16. The number of carbonyl (C=O) groups is 1. The minimum Gasteiger partial charge on any atom is -0.480 e. The number of carboxylic acid groups (broad SMARTS) is 1. The highest BCUT2D eigenvalue weighted by molar-refractivity contribution is 5.75. The van der Waals surface area contributed by atoms with E-state index in [-0.39, 0.29) is 6.42 Å². The number of hydrogen-bond acceptors (Lipinski definition) is 4. The second-order valence-electron chi connectivity index (χ2n) is 8.27. The summed E-state index contributed by atoms with van der Waals surface area (Å²) >= 11 is 0. The molecule has 3 aromatic carbocycles. The summed E-state index contributed by atoms with van der Waals surface area (Å²) in [6, 6.07) is 27.0. The van der Waals surface area contributed by atoms with Crippen LogP contribution in [-0.2, 0) is 16.8 Å². The Kier molecular flexibility index (Phi) is 6.24. The first-order valence-electron chi connectivity index (χ1n) is 11.4. The van der Waals surface area contributed by atoms with E-state index in [1.165, 1.54) is 0 Å². The van der Waals surface area contributed by atoms with E-state index in [9.17, 15) is 9.90 Å². The van der Waals surface area contributed by atoms with Crippen molar-refractivity contribution in [1.82, 2.24) is 24.8 Å². The molecule has 0 unspecified atom stereocenters. The van der Waals surface area contributed by atoms with Gasteiger partial charge in [0.2, 0.25) is 0 Å². The lowest BCUT2D eigenvalue weighted by molar-refractivity contribution is -0.139. The summed E-state index contributed by atoms with van der Waals surface area (Å²) in [6.07, 6.45) is 8.87. The van der Waals surface area contributed by atoms with Crippen molar-refractivity contribution in [3.8, 4) is 5.69 Å². The van der Waals surface area contributed by atoms with E-state index >= 15 is 0 Å². The Morgan fingerprint density at radius 3 is 2.20 bits per heavy atom. The summed E-state index contributed by atoms with van der Waals surface area (Å²) in [5.74, 6) is -0.954. The van der Waals surface area contributed by atoms with Crippen molar-refractivity contribution in [2.24, 2.45) is 0 Å². The molecule has 0 radical (unpaired) electrons. The fourth-order valence-corrected chi connectivity index (χ4v) is 4.59. The molecule has 174 valence electrons. The van der Waals surface area contributed by atoms with Gasteiger partial charge in [0.05, 0.1) is 29.6 Å². The maximum Gasteiger partial charge on any atom is 0.321 e. The predicted octanol–water partition coefficient (Wildman–Crippen LogP) is 4.17. The van der Waals surface area contributed by atoms with E-state index in [4.69, 9.17) is 0 Å². The molecule has 5 aromatic rings. The van der Waals surface area contributed by atoms with Gasteiger partial charge in [0.25, 0.3) is 0 Å². The number of carboxylic acids is 1. The lowest BCUT2D eigenvalue weighted by atomic mass is 9.75. The highest BCUT2D eigenvalue weighted by Gasteiger charge is 2.41. The number of aromatic nitrogens is 4. The summed E-state index contributed by atoms with van der Waals surface area (Å²) in [4.78, 5) is 24.0. The maximum atomic E-state index is 12.6. The van der Waals surface area contributed by atoms with Gasteiger partial charge in [0.1, 0.15) is 6.04 Å². The highest BCUT2D eigenvalue weighted by Crippen LogP contribution is 2.40. The van der Waals surface area contributed by atoms with Gasteiger partial charge in [-0.1, -0.05) is 78.9 Å². The number of H-pyrrole nitrogens is 1. The van der Waals surface area contributed by atoms with Crippen molar-refractivity contribution in [3.63, 3.8) is 0 Å². The fourth-order valence-electron chi connectivity index (χ4n) is 4.59. The van der Waals surface area contributed by atoms with Gasteiger partial charge in [0.15, 0.2) is 0 Å². The van der Waals surface area contributed by atoms with E-state index in [0.717, 1.165) is 22.4 Å². The molecular weight excluding hydrogens is 438 g/mol. The van der Waals surface area contributed by atoms with Gasteiger partial charge in [-0.15, -0.1) is 0 Å². The van der Waals surface area contributed by atoms with Gasteiger partial charge in [-0.05, 0) is 17.2 Å². The van der Waals surface area contributed by atoms with Gasteiger partial charge in [0, 0.05) is 30.6 Å². The SMILES string of the molecule is O=C(O)[C@H](Cc1c[nH]cn1)NC(c1ccccc1)(c1ccccc1)c1ccccc1-n1ccnc1. The van der Waals surface area contributed by atoms with Gasteiger partial charge >= 0.3 is 5.97 Å². The minimum atomic E-state index is -0.983. The molecule has 7 nitrogen and oxygen atoms in total. The molecule has 2 heterocycles. The molecule has 5 rings (SSSR count). The molecular formula is C28H25N5O2. The number of aromatic amines is 1. The Balaban J connectivity index is 1.78. The third kappa shape index (κ3) is 4.37. The van der Waals surface area contributed by atoms with Crippen LogP contribution < -0.4 is 5.32 Å². The molecule has 0 aliphatic heterocycles. The van der Waals surface area contributed by atoms with Gasteiger partial charge in [-0.25, -0.2) is 9.97 Å². The quantitative estimate of drug-likeness (QED) is 0.285. The largest absolute Gasteiger partial charge is 0.480 e. The molecule has 0 amide bonds. The smallest absolute Gasteiger partial charge is 0.321 e. The zero-order valence-electron chi connectivity index (χ0n) is 19.0. The van der Waals surface area contributed by atoms with Crippen molar-refractivity contribution >= 4 is 5.97 Å². The molecule has 0 saturated heterocycles. The number of benzene rings is 3. The topological polar surface area (TPSA) is 95.8 Å². The van der Waals surface area contributed by atoms with Crippen molar-refractivity contribution in [2.45, 2.75) is 18.0 Å². The average molecular weight is 464 g/mol. The first-order chi connectivity index (χ1) is 17.2. The van der Waals surface area contributed by atoms with Crippen LogP contribution in [0.25, 0.3) is 5.69 Å². The molecule has 0 saturated carbocycles. The number of imidazole rings is 2. The normalized spacial score (nSPS) is 12.3. The van der Waals surface area contributed by atoms with Crippen LogP contribution in [0.4, 0.5) is 0 Å². The van der Waals surface area contributed by atoms with Crippen LogP contribution in [0, 0.1) is 0 Å². The van der Waals surface area contributed by atoms with Gasteiger partial charge in [-0.3, -0.25) is 10.1 Å². The Morgan fingerprint density at radius 1 is 0.971 bits per heavy atom. The van der Waals surface area contributed by atoms with Crippen LogP contribution in [0.5, 0.6) is 0 Å². The highest BCUT2D eigenvalue weighted by atomic mass is 16.4. The lowest BCUT2D eigenvalue weighted by Crippen LogP contribution is -2.53. The van der Waals surface area contributed by atoms with Crippen LogP contribution in [-0.4, -0.2) is 36.6 Å². The van der Waals surface area contributed by atoms with Crippen LogP contribution in [0.1, 0.15) is 22.4 Å². The van der Waals surface area contributed by atoms with E-state index in [1.54, 1.807) is 25.0 Å². The molecule has 7 heteroatoms. The Labute approximate surface area is 203 Å². The first-order valence-corrected chi connectivity index (χ1v) is 11.4. The number of nitrogens with one attached hydrogen (secondary N) is 2. The molecule has 0 spiro atoms. The average Bonchev–Trinajstić information content (AvgIpc) is 3.62. The first kappa shape index (κ1) is 22.3. The number of hydrogen-bond donors (Lipinski definition) is 3. The van der Waals surface area contributed by atoms with E-state index in [1.807, 2.05) is 95.7 Å². The molecule has 3 N–H and O–H groups in total. The summed E-state index contributed by atoms with van der Waals surface area (Å²) in [5.41, 5.74) is 3.34. The third-order valence-corrected chi connectivity index (χ3v) is 6.16. The molecule has 0 aliphatic rings. The molecule has 35 heavy (non-hydrogen) atoms. The number of para-hydroxylation sites is 1. The summed E-state index contributed by atoms with van der Waals surface area (Å²) < 4.78 is 1.95. The van der Waals surface area contributed by atoms with E-state index < -0.39 is 17.6 Å². The van der Waals surface area contributed by atoms with Crippen molar-refractivity contribution in [3.05, 3.63) is 139 Å². The van der Waals surface area contributed by atoms with E-state index in [2.05, 4.69) is 20.3 Å². The lowest BCUT2D eigenvalue weighted by Gasteiger charge is -2.40. The molecule has 0 bridgehead atoms. The summed E-state index contributed by atoms with van der Waals surface area (Å²) in [5, 5.41) is 13.9. The van der Waals surface area contributed by atoms with E-state index in [0.29, 0.717) is 5.69 Å². The maximum absolute atomic E-state index is 12.6. The zero-order chi connectivity index (χ0) is 24.1. The molecule has 2 aromatic heterocycles. The second-order valence-corrected chi connectivity index (χ2v) is 8.27. The van der Waals surface area contributed by atoms with Crippen LogP contribution in [0.15, 0.2) is 116 Å². The minimum absolute atomic E-state index is 0.216. The standard InChI is InChI=1S/C28H25N5O2/c34-27(35)25(17-23-18-30-19-31-23)32-28(21-9-3-1-4-10-21,22-11-5-2-6-12-22)24-13-7-8-14-26(24)33-16-15-29-20-33/h1-16,18-20,25,32H,17H2,(H,30,31)(H,34,35)/t25-/m0/s1. The fraction of sp³-hybridized carbons (Fsp3) is 0.107. The van der Waals surface area contributed by atoms with Crippen LogP contribution >= 0.6 is 0 Å². The Bertz CT molecular complexity index is 1330. The van der Waals surface area contributed by atoms with Crippen LogP contribution in [0.3, 0.4) is 0 Å². The number of rotatable bonds is 9. The monoisotopic (exact) mass is 463 g/mol. The number of aliphatic carboxylic acids is 1. The zero-order valence-corrected chi connectivity index (χ0v) is 19.0. The van der Waals surface area contributed by atoms with Crippen molar-refractivity contribution in [1.29, 1.82) is 0 Å². The molecule has 0 aliphatic carbocycles.